The second kappa shape index (κ2) is 8.54. The van der Waals surface area contributed by atoms with Gasteiger partial charge in [0.1, 0.15) is 0 Å². The third-order valence-electron chi connectivity index (χ3n) is 5.04. The minimum atomic E-state index is 0.543. The van der Waals surface area contributed by atoms with Gasteiger partial charge in [0.2, 0.25) is 0 Å². The van der Waals surface area contributed by atoms with Gasteiger partial charge in [-0.05, 0) is 24.9 Å². The molecule has 0 aliphatic carbocycles. The Morgan fingerprint density at radius 2 is 2.19 bits per heavy atom. The van der Waals surface area contributed by atoms with Crippen LogP contribution >= 0.6 is 11.3 Å². The van der Waals surface area contributed by atoms with Gasteiger partial charge in [0.05, 0.1) is 12.2 Å². The fraction of sp³-hybridized carbons (Fsp3) is 0.400. The molecule has 1 saturated heterocycles. The molecule has 6 nitrogen and oxygen atoms in total. The standard InChI is InChI=1S/C20H26N6S/c1-21-19(22-12-17-15-26-10-11-27-20(26)24-17)23-13-18-8-5-9-25(18)14-16-6-3-2-4-7-16/h2-4,6-7,10-11,15,18H,5,8-9,12-14H2,1H3,(H2,21,22,23). The molecule has 3 heterocycles. The van der Waals surface area contributed by atoms with E-state index in [9.17, 15) is 0 Å². The van der Waals surface area contributed by atoms with Gasteiger partial charge < -0.3 is 10.6 Å². The maximum atomic E-state index is 4.60. The number of fused-ring (bicyclic) bond motifs is 1. The second-order valence-corrected chi connectivity index (χ2v) is 7.76. The van der Waals surface area contributed by atoms with Gasteiger partial charge in [-0.15, -0.1) is 11.3 Å². The van der Waals surface area contributed by atoms with Crippen LogP contribution in [0.5, 0.6) is 0 Å². The molecule has 7 heteroatoms. The summed E-state index contributed by atoms with van der Waals surface area (Å²) < 4.78 is 2.05. The zero-order chi connectivity index (χ0) is 18.5. The smallest absolute Gasteiger partial charge is 0.193 e. The van der Waals surface area contributed by atoms with E-state index in [1.165, 1.54) is 24.9 Å². The zero-order valence-electron chi connectivity index (χ0n) is 15.6. The van der Waals surface area contributed by atoms with Crippen molar-refractivity contribution in [2.45, 2.75) is 32.0 Å². The molecular formula is C20H26N6S. The predicted octanol–water partition coefficient (Wildman–Crippen LogP) is 2.73. The highest BCUT2D eigenvalue weighted by molar-refractivity contribution is 7.15. The Kier molecular flexibility index (Phi) is 5.69. The van der Waals surface area contributed by atoms with E-state index in [1.54, 1.807) is 11.3 Å². The minimum absolute atomic E-state index is 0.543. The average molecular weight is 383 g/mol. The van der Waals surface area contributed by atoms with E-state index in [2.05, 4.69) is 66.4 Å². The first-order chi connectivity index (χ1) is 13.3. The number of hydrogen-bond donors (Lipinski definition) is 2. The Bertz CT molecular complexity index is 856. The van der Waals surface area contributed by atoms with Gasteiger partial charge in [0.25, 0.3) is 0 Å². The van der Waals surface area contributed by atoms with Gasteiger partial charge in [0, 0.05) is 44.0 Å². The molecule has 0 saturated carbocycles. The highest BCUT2D eigenvalue weighted by Gasteiger charge is 2.24. The van der Waals surface area contributed by atoms with Gasteiger partial charge in [-0.2, -0.15) is 0 Å². The lowest BCUT2D eigenvalue weighted by atomic mass is 10.2. The molecule has 0 radical (unpaired) electrons. The van der Waals surface area contributed by atoms with Crippen LogP contribution in [0, 0.1) is 0 Å². The van der Waals surface area contributed by atoms with E-state index in [4.69, 9.17) is 0 Å². The molecule has 27 heavy (non-hydrogen) atoms. The molecule has 0 bridgehead atoms. The second-order valence-electron chi connectivity index (χ2n) is 6.88. The molecule has 0 spiro atoms. The summed E-state index contributed by atoms with van der Waals surface area (Å²) in [7, 11) is 1.82. The number of thiazole rings is 1. The molecule has 2 N–H and O–H groups in total. The van der Waals surface area contributed by atoms with E-state index in [1.807, 2.05) is 18.6 Å². The Balaban J connectivity index is 1.27. The summed E-state index contributed by atoms with van der Waals surface area (Å²) in [6.45, 7) is 3.76. The fourth-order valence-electron chi connectivity index (χ4n) is 3.62. The highest BCUT2D eigenvalue weighted by Crippen LogP contribution is 2.19. The number of rotatable bonds is 6. The van der Waals surface area contributed by atoms with Crippen molar-refractivity contribution in [1.82, 2.24) is 24.9 Å². The summed E-state index contributed by atoms with van der Waals surface area (Å²) in [5.74, 6) is 0.831. The van der Waals surface area contributed by atoms with Crippen LogP contribution in [0.2, 0.25) is 0 Å². The van der Waals surface area contributed by atoms with Crippen LogP contribution in [0.15, 0.2) is 53.1 Å². The molecule has 0 amide bonds. The normalized spacial score (nSPS) is 18.3. The molecule has 1 aromatic carbocycles. The molecular weight excluding hydrogens is 356 g/mol. The van der Waals surface area contributed by atoms with E-state index >= 15 is 0 Å². The maximum absolute atomic E-state index is 4.60. The van der Waals surface area contributed by atoms with Crippen LogP contribution in [0.4, 0.5) is 0 Å². The summed E-state index contributed by atoms with van der Waals surface area (Å²) >= 11 is 1.65. The summed E-state index contributed by atoms with van der Waals surface area (Å²) in [5.41, 5.74) is 2.41. The number of aromatic nitrogens is 2. The topological polar surface area (TPSA) is 57.0 Å². The molecule has 1 aliphatic rings. The molecule has 4 rings (SSSR count). The van der Waals surface area contributed by atoms with Gasteiger partial charge >= 0.3 is 0 Å². The first-order valence-electron chi connectivity index (χ1n) is 9.45. The number of aliphatic imine (C=N–C) groups is 1. The number of hydrogen-bond acceptors (Lipinski definition) is 4. The van der Waals surface area contributed by atoms with Crippen molar-refractivity contribution in [1.29, 1.82) is 0 Å². The van der Waals surface area contributed by atoms with Crippen molar-refractivity contribution in [2.75, 3.05) is 20.1 Å². The largest absolute Gasteiger partial charge is 0.355 e. The summed E-state index contributed by atoms with van der Waals surface area (Å²) in [6, 6.07) is 11.3. The zero-order valence-corrected chi connectivity index (χ0v) is 16.5. The van der Waals surface area contributed by atoms with Crippen molar-refractivity contribution in [2.24, 2.45) is 4.99 Å². The average Bonchev–Trinajstić information content (AvgIpc) is 3.39. The number of benzene rings is 1. The Morgan fingerprint density at radius 3 is 3.00 bits per heavy atom. The number of guanidine groups is 1. The first-order valence-corrected chi connectivity index (χ1v) is 10.3. The van der Waals surface area contributed by atoms with Crippen molar-refractivity contribution in [3.05, 3.63) is 59.4 Å². The Morgan fingerprint density at radius 1 is 1.30 bits per heavy atom. The summed E-state index contributed by atoms with van der Waals surface area (Å²) in [5, 5.41) is 8.91. The number of likely N-dealkylation sites (tertiary alicyclic amines) is 1. The molecule has 3 aromatic rings. The van der Waals surface area contributed by atoms with Crippen molar-refractivity contribution in [3.8, 4) is 0 Å². The Labute approximate surface area is 164 Å². The first kappa shape index (κ1) is 18.0. The quantitative estimate of drug-likeness (QED) is 0.508. The van der Waals surface area contributed by atoms with Gasteiger partial charge in [0.15, 0.2) is 10.9 Å². The highest BCUT2D eigenvalue weighted by atomic mass is 32.1. The van der Waals surface area contributed by atoms with Crippen molar-refractivity contribution < 1.29 is 0 Å². The monoisotopic (exact) mass is 382 g/mol. The predicted molar refractivity (Wildman–Crippen MR) is 111 cm³/mol. The molecule has 142 valence electrons. The molecule has 1 aliphatic heterocycles. The lowest BCUT2D eigenvalue weighted by molar-refractivity contribution is 0.245. The van der Waals surface area contributed by atoms with E-state index in [0.29, 0.717) is 12.6 Å². The third-order valence-corrected chi connectivity index (χ3v) is 5.81. The van der Waals surface area contributed by atoms with Crippen molar-refractivity contribution in [3.63, 3.8) is 0 Å². The van der Waals surface area contributed by atoms with Crippen LogP contribution in [-0.2, 0) is 13.1 Å². The number of nitrogens with zero attached hydrogens (tertiary/aromatic N) is 4. The number of imidazole rings is 1. The van der Waals surface area contributed by atoms with E-state index < -0.39 is 0 Å². The van der Waals surface area contributed by atoms with Gasteiger partial charge in [-0.3, -0.25) is 14.3 Å². The van der Waals surface area contributed by atoms with Crippen LogP contribution in [-0.4, -0.2) is 46.4 Å². The van der Waals surface area contributed by atoms with Gasteiger partial charge in [-0.1, -0.05) is 30.3 Å². The van der Waals surface area contributed by atoms with Crippen LogP contribution in [0.25, 0.3) is 4.96 Å². The SMILES string of the molecule is CN=C(NCc1cn2ccsc2n1)NCC1CCCN1Cc1ccccc1. The lowest BCUT2D eigenvalue weighted by Gasteiger charge is -2.25. The van der Waals surface area contributed by atoms with Crippen molar-refractivity contribution >= 4 is 22.3 Å². The molecule has 1 unspecified atom stereocenters. The van der Waals surface area contributed by atoms with Crippen LogP contribution in [0.3, 0.4) is 0 Å². The molecule has 1 fully saturated rings. The molecule has 2 aromatic heterocycles. The third kappa shape index (κ3) is 4.48. The van der Waals surface area contributed by atoms with Crippen LogP contribution in [0.1, 0.15) is 24.1 Å². The number of nitrogens with one attached hydrogen (secondary N) is 2. The molecule has 1 atom stereocenters. The fourth-order valence-corrected chi connectivity index (χ4v) is 4.34. The summed E-state index contributed by atoms with van der Waals surface area (Å²) in [6.07, 6.45) is 6.58. The summed E-state index contributed by atoms with van der Waals surface area (Å²) in [4.78, 5) is 12.6. The minimum Gasteiger partial charge on any atom is -0.355 e. The lowest BCUT2D eigenvalue weighted by Crippen LogP contribution is -2.44. The maximum Gasteiger partial charge on any atom is 0.193 e. The van der Waals surface area contributed by atoms with Gasteiger partial charge in [-0.25, -0.2) is 4.98 Å². The van der Waals surface area contributed by atoms with E-state index in [0.717, 1.165) is 29.7 Å². The van der Waals surface area contributed by atoms with E-state index in [-0.39, 0.29) is 0 Å². The van der Waals surface area contributed by atoms with Crippen LogP contribution < -0.4 is 10.6 Å². The Hall–Kier alpha value is -2.38.